The van der Waals surface area contributed by atoms with Crippen molar-refractivity contribution in [2.24, 2.45) is 0 Å². The molecule has 1 saturated heterocycles. The summed E-state index contributed by atoms with van der Waals surface area (Å²) in [5.41, 5.74) is -0.913. The average Bonchev–Trinajstić information content (AvgIpc) is 2.49. The number of halogens is 1. The normalized spacial score (nSPS) is 25.5. The van der Waals surface area contributed by atoms with Crippen LogP contribution in [0.2, 0.25) is 0 Å². The highest BCUT2D eigenvalue weighted by Gasteiger charge is 2.38. The first-order valence-corrected chi connectivity index (χ1v) is 7.13. The van der Waals surface area contributed by atoms with Crippen LogP contribution in [0.25, 0.3) is 10.9 Å². The number of pyridine rings is 1. The van der Waals surface area contributed by atoms with Gasteiger partial charge in [-0.2, -0.15) is 0 Å². The van der Waals surface area contributed by atoms with Crippen molar-refractivity contribution in [3.05, 3.63) is 41.8 Å². The van der Waals surface area contributed by atoms with E-state index in [4.69, 9.17) is 0 Å². The predicted molar refractivity (Wildman–Crippen MR) is 78.9 cm³/mol. The third-order valence-corrected chi connectivity index (χ3v) is 4.18. The number of hydrogen-bond acceptors (Lipinski definition) is 4. The van der Waals surface area contributed by atoms with Crippen molar-refractivity contribution in [3.63, 3.8) is 0 Å². The number of nitrogens with zero attached hydrogens (tertiary/aromatic N) is 2. The minimum atomic E-state index is -1.19. The molecule has 6 heteroatoms. The number of carbonyl (C=O) groups is 1. The minimum Gasteiger partial charge on any atom is -0.388 e. The molecule has 1 aromatic carbocycles. The molecule has 1 aliphatic heterocycles. The number of piperidine rings is 1. The van der Waals surface area contributed by atoms with Gasteiger partial charge in [-0.3, -0.25) is 4.79 Å². The zero-order valence-corrected chi connectivity index (χ0v) is 12.2. The number of benzene rings is 1. The summed E-state index contributed by atoms with van der Waals surface area (Å²) in [5.74, 6) is -0.853. The molecule has 22 heavy (non-hydrogen) atoms. The molecule has 0 aliphatic carbocycles. The molecule has 3 rings (SSSR count). The van der Waals surface area contributed by atoms with E-state index < -0.39 is 17.5 Å². The van der Waals surface area contributed by atoms with Crippen molar-refractivity contribution in [2.75, 3.05) is 13.1 Å². The van der Waals surface area contributed by atoms with Crippen LogP contribution in [-0.4, -0.2) is 50.8 Å². The summed E-state index contributed by atoms with van der Waals surface area (Å²) in [6.45, 7) is 1.89. The number of β-amino-alcohol motifs (C(OH)–C–C–N with tert-alkyl or cyclic N) is 1. The number of rotatable bonds is 1. The third-order valence-electron chi connectivity index (χ3n) is 4.18. The lowest BCUT2D eigenvalue weighted by molar-refractivity contribution is -0.0999. The van der Waals surface area contributed by atoms with Gasteiger partial charge in [0.1, 0.15) is 17.0 Å². The number of amides is 1. The molecular weight excluding hydrogens is 287 g/mol. The van der Waals surface area contributed by atoms with Crippen LogP contribution in [0.4, 0.5) is 4.39 Å². The van der Waals surface area contributed by atoms with Crippen molar-refractivity contribution >= 4 is 16.8 Å². The lowest BCUT2D eigenvalue weighted by Crippen LogP contribution is -2.55. The number of carbonyl (C=O) groups excluding carboxylic acids is 1. The Balaban J connectivity index is 1.88. The van der Waals surface area contributed by atoms with E-state index in [2.05, 4.69) is 4.98 Å². The second kappa shape index (κ2) is 5.30. The molecule has 0 unspecified atom stereocenters. The molecule has 1 aromatic heterocycles. The summed E-state index contributed by atoms with van der Waals surface area (Å²) in [6, 6.07) is 7.80. The smallest absolute Gasteiger partial charge is 0.272 e. The molecule has 1 aliphatic rings. The fourth-order valence-electron chi connectivity index (χ4n) is 2.60. The van der Waals surface area contributed by atoms with Gasteiger partial charge in [-0.25, -0.2) is 9.37 Å². The highest BCUT2D eigenvalue weighted by Crippen LogP contribution is 2.23. The Hall–Kier alpha value is -2.05. The zero-order chi connectivity index (χ0) is 15.9. The largest absolute Gasteiger partial charge is 0.388 e. The number of hydrogen-bond donors (Lipinski definition) is 2. The number of fused-ring (bicyclic) bond motifs is 1. The first-order chi connectivity index (χ1) is 10.4. The Labute approximate surface area is 127 Å². The Morgan fingerprint density at radius 2 is 2.18 bits per heavy atom. The zero-order valence-electron chi connectivity index (χ0n) is 12.2. The molecule has 116 valence electrons. The predicted octanol–water partition coefficient (Wildman–Crippen LogP) is 1.33. The maximum Gasteiger partial charge on any atom is 0.272 e. The van der Waals surface area contributed by atoms with Gasteiger partial charge in [-0.1, -0.05) is 18.2 Å². The van der Waals surface area contributed by atoms with Crippen molar-refractivity contribution < 1.29 is 19.4 Å². The summed E-state index contributed by atoms with van der Waals surface area (Å²) < 4.78 is 13.8. The highest BCUT2D eigenvalue weighted by atomic mass is 19.1. The number of aromatic nitrogens is 1. The van der Waals surface area contributed by atoms with E-state index in [1.807, 2.05) is 0 Å². The van der Waals surface area contributed by atoms with E-state index in [1.54, 1.807) is 31.2 Å². The maximum atomic E-state index is 13.8. The SMILES string of the molecule is C[C@@]1(O)CCN(C(=O)c2ccc3cccc(F)c3n2)C[C@@H]1O. The lowest BCUT2D eigenvalue weighted by atomic mass is 9.90. The van der Waals surface area contributed by atoms with E-state index in [9.17, 15) is 19.4 Å². The highest BCUT2D eigenvalue weighted by molar-refractivity contribution is 5.95. The maximum absolute atomic E-state index is 13.8. The van der Waals surface area contributed by atoms with Gasteiger partial charge in [0, 0.05) is 18.5 Å². The average molecular weight is 304 g/mol. The van der Waals surface area contributed by atoms with Gasteiger partial charge >= 0.3 is 0 Å². The summed E-state index contributed by atoms with van der Waals surface area (Å²) in [5, 5.41) is 20.5. The summed E-state index contributed by atoms with van der Waals surface area (Å²) in [7, 11) is 0. The second-order valence-electron chi connectivity index (χ2n) is 5.88. The van der Waals surface area contributed by atoms with Gasteiger partial charge < -0.3 is 15.1 Å². The summed E-state index contributed by atoms with van der Waals surface area (Å²) in [4.78, 5) is 18.0. The summed E-state index contributed by atoms with van der Waals surface area (Å²) in [6.07, 6.45) is -0.732. The molecule has 2 atom stereocenters. The minimum absolute atomic E-state index is 0.0306. The second-order valence-corrected chi connectivity index (χ2v) is 5.88. The van der Waals surface area contributed by atoms with Crippen molar-refractivity contribution in [3.8, 4) is 0 Å². The van der Waals surface area contributed by atoms with Gasteiger partial charge in [-0.15, -0.1) is 0 Å². The number of likely N-dealkylation sites (tertiary alicyclic amines) is 1. The standard InChI is InChI=1S/C16H17FN2O3/c1-16(22)7-8-19(9-13(16)20)15(21)12-6-5-10-3-2-4-11(17)14(10)18-12/h2-6,13,20,22H,7-9H2,1H3/t13-,16+/m0/s1. The molecule has 0 spiro atoms. The van der Waals surface area contributed by atoms with E-state index >= 15 is 0 Å². The molecule has 2 heterocycles. The topological polar surface area (TPSA) is 73.7 Å². The van der Waals surface area contributed by atoms with E-state index in [1.165, 1.54) is 11.0 Å². The van der Waals surface area contributed by atoms with Gasteiger partial charge in [0.2, 0.25) is 0 Å². The van der Waals surface area contributed by atoms with Crippen LogP contribution in [0.3, 0.4) is 0 Å². The van der Waals surface area contributed by atoms with Crippen LogP contribution in [-0.2, 0) is 0 Å². The number of para-hydroxylation sites is 1. The molecule has 0 saturated carbocycles. The monoisotopic (exact) mass is 304 g/mol. The van der Waals surface area contributed by atoms with Crippen LogP contribution in [0.15, 0.2) is 30.3 Å². The molecule has 0 radical (unpaired) electrons. The van der Waals surface area contributed by atoms with Gasteiger partial charge in [0.05, 0.1) is 11.7 Å². The fraction of sp³-hybridized carbons (Fsp3) is 0.375. The molecule has 2 aromatic rings. The molecule has 2 N–H and O–H groups in total. The Morgan fingerprint density at radius 3 is 2.91 bits per heavy atom. The number of aliphatic hydroxyl groups excluding tert-OH is 1. The lowest BCUT2D eigenvalue weighted by Gasteiger charge is -2.39. The molecule has 0 bridgehead atoms. The molecule has 5 nitrogen and oxygen atoms in total. The van der Waals surface area contributed by atoms with E-state index in [0.29, 0.717) is 11.9 Å². The molecule has 1 fully saturated rings. The van der Waals surface area contributed by atoms with Gasteiger partial charge in [-0.05, 0) is 25.5 Å². The van der Waals surface area contributed by atoms with Crippen molar-refractivity contribution in [1.29, 1.82) is 0 Å². The van der Waals surface area contributed by atoms with Crippen molar-refractivity contribution in [1.82, 2.24) is 9.88 Å². The van der Waals surface area contributed by atoms with E-state index in [-0.39, 0.29) is 30.1 Å². The van der Waals surface area contributed by atoms with Crippen LogP contribution >= 0.6 is 0 Å². The van der Waals surface area contributed by atoms with Crippen LogP contribution in [0.1, 0.15) is 23.8 Å². The number of aliphatic hydroxyl groups is 2. The quantitative estimate of drug-likeness (QED) is 0.833. The third kappa shape index (κ3) is 2.55. The first-order valence-electron chi connectivity index (χ1n) is 7.13. The Morgan fingerprint density at radius 1 is 1.41 bits per heavy atom. The van der Waals surface area contributed by atoms with Crippen LogP contribution in [0.5, 0.6) is 0 Å². The Bertz CT molecular complexity index is 732. The van der Waals surface area contributed by atoms with Gasteiger partial charge in [0.15, 0.2) is 0 Å². The van der Waals surface area contributed by atoms with E-state index in [0.717, 1.165) is 0 Å². The fourth-order valence-corrected chi connectivity index (χ4v) is 2.60. The van der Waals surface area contributed by atoms with Gasteiger partial charge in [0.25, 0.3) is 5.91 Å². The van der Waals surface area contributed by atoms with Crippen LogP contribution in [0, 0.1) is 5.82 Å². The Kier molecular flexibility index (Phi) is 3.58. The van der Waals surface area contributed by atoms with Crippen molar-refractivity contribution in [2.45, 2.75) is 25.0 Å². The van der Waals surface area contributed by atoms with Crippen LogP contribution < -0.4 is 0 Å². The molecule has 1 amide bonds. The first kappa shape index (κ1) is 14.9. The molecular formula is C16H17FN2O3. The summed E-state index contributed by atoms with van der Waals surface area (Å²) >= 11 is 0.